The highest BCUT2D eigenvalue weighted by Crippen LogP contribution is 2.21. The lowest BCUT2D eigenvalue weighted by Gasteiger charge is -2.27. The van der Waals surface area contributed by atoms with Crippen molar-refractivity contribution in [1.82, 2.24) is 15.5 Å². The number of hydrogen-bond acceptors (Lipinski definition) is 4. The van der Waals surface area contributed by atoms with Gasteiger partial charge in [-0.2, -0.15) is 0 Å². The minimum Gasteiger partial charge on any atom is -0.353 e. The van der Waals surface area contributed by atoms with Gasteiger partial charge in [0.25, 0.3) is 0 Å². The van der Waals surface area contributed by atoms with Gasteiger partial charge in [0.05, 0.1) is 5.69 Å². The molecule has 0 saturated carbocycles. The zero-order chi connectivity index (χ0) is 13.1. The van der Waals surface area contributed by atoms with Crippen molar-refractivity contribution in [3.63, 3.8) is 0 Å². The fraction of sp³-hybridized carbons (Fsp3) is 0.333. The Kier molecular flexibility index (Phi) is 3.42. The maximum absolute atomic E-state index is 4.37. The molecule has 2 heterocycles. The number of aryl methyl sites for hydroxylation is 1. The lowest BCUT2D eigenvalue weighted by atomic mass is 10.1. The monoisotopic (exact) mass is 254 g/mol. The maximum atomic E-state index is 4.37. The molecule has 0 spiro atoms. The summed E-state index contributed by atoms with van der Waals surface area (Å²) in [6.45, 7) is 6.13. The summed E-state index contributed by atoms with van der Waals surface area (Å²) < 4.78 is 0. The highest BCUT2D eigenvalue weighted by atomic mass is 15.3. The predicted octanol–water partition coefficient (Wildman–Crippen LogP) is 1.86. The molecule has 1 fully saturated rings. The largest absolute Gasteiger partial charge is 0.353 e. The Hall–Kier alpha value is -1.94. The van der Waals surface area contributed by atoms with Gasteiger partial charge < -0.3 is 10.2 Å². The fourth-order valence-electron chi connectivity index (χ4n) is 2.39. The quantitative estimate of drug-likeness (QED) is 0.888. The van der Waals surface area contributed by atoms with Crippen LogP contribution in [0, 0.1) is 6.92 Å². The molecule has 98 valence electrons. The van der Waals surface area contributed by atoms with E-state index in [2.05, 4.69) is 51.6 Å². The molecule has 19 heavy (non-hydrogen) atoms. The van der Waals surface area contributed by atoms with E-state index in [0.717, 1.165) is 43.3 Å². The number of aromatic nitrogens is 2. The van der Waals surface area contributed by atoms with E-state index in [1.807, 2.05) is 12.1 Å². The second-order valence-corrected chi connectivity index (χ2v) is 4.83. The van der Waals surface area contributed by atoms with Crippen molar-refractivity contribution in [2.24, 2.45) is 0 Å². The van der Waals surface area contributed by atoms with E-state index >= 15 is 0 Å². The van der Waals surface area contributed by atoms with Crippen LogP contribution in [0.15, 0.2) is 36.4 Å². The van der Waals surface area contributed by atoms with E-state index < -0.39 is 0 Å². The first-order valence-electron chi connectivity index (χ1n) is 6.70. The zero-order valence-electron chi connectivity index (χ0n) is 11.1. The molecule has 0 amide bonds. The van der Waals surface area contributed by atoms with Gasteiger partial charge in [0.15, 0.2) is 5.82 Å². The summed E-state index contributed by atoms with van der Waals surface area (Å²) >= 11 is 0. The van der Waals surface area contributed by atoms with Crippen molar-refractivity contribution in [2.75, 3.05) is 31.1 Å². The van der Waals surface area contributed by atoms with E-state index in [-0.39, 0.29) is 0 Å². The topological polar surface area (TPSA) is 41.0 Å². The Morgan fingerprint density at radius 2 is 1.79 bits per heavy atom. The zero-order valence-corrected chi connectivity index (χ0v) is 11.1. The molecule has 4 heteroatoms. The summed E-state index contributed by atoms with van der Waals surface area (Å²) in [5.41, 5.74) is 3.32. The van der Waals surface area contributed by atoms with E-state index in [4.69, 9.17) is 0 Å². The molecule has 0 radical (unpaired) electrons. The molecule has 1 aromatic carbocycles. The second kappa shape index (κ2) is 5.36. The number of piperazine rings is 1. The average Bonchev–Trinajstić information content (AvgIpc) is 2.49. The molecule has 2 aromatic rings. The van der Waals surface area contributed by atoms with Gasteiger partial charge in [-0.3, -0.25) is 0 Å². The van der Waals surface area contributed by atoms with Crippen molar-refractivity contribution in [2.45, 2.75) is 6.92 Å². The van der Waals surface area contributed by atoms with Gasteiger partial charge in [-0.25, -0.2) is 0 Å². The molecule has 0 bridgehead atoms. The highest BCUT2D eigenvalue weighted by Gasteiger charge is 2.12. The lowest BCUT2D eigenvalue weighted by Crippen LogP contribution is -2.43. The molecule has 1 aliphatic heterocycles. The first kappa shape index (κ1) is 12.1. The summed E-state index contributed by atoms with van der Waals surface area (Å²) in [5.74, 6) is 0.971. The lowest BCUT2D eigenvalue weighted by molar-refractivity contribution is 0.583. The molecule has 1 aliphatic rings. The number of nitrogens with zero attached hydrogens (tertiary/aromatic N) is 3. The first-order chi connectivity index (χ1) is 9.34. The summed E-state index contributed by atoms with van der Waals surface area (Å²) in [4.78, 5) is 2.27. The third-order valence-corrected chi connectivity index (χ3v) is 3.51. The van der Waals surface area contributed by atoms with Crippen molar-refractivity contribution >= 4 is 5.82 Å². The minimum atomic E-state index is 0.942. The standard InChI is InChI=1S/C15H18N4/c1-12-4-2-3-5-13(12)14-6-7-15(18-17-14)19-10-8-16-9-11-19/h2-7,16H,8-11H2,1H3. The second-order valence-electron chi connectivity index (χ2n) is 4.83. The SMILES string of the molecule is Cc1ccccc1-c1ccc(N2CCNCC2)nn1. The third kappa shape index (κ3) is 2.58. The van der Waals surface area contributed by atoms with Crippen LogP contribution in [0.4, 0.5) is 5.82 Å². The number of rotatable bonds is 2. The van der Waals surface area contributed by atoms with Crippen LogP contribution in [0.5, 0.6) is 0 Å². The van der Waals surface area contributed by atoms with Crippen molar-refractivity contribution < 1.29 is 0 Å². The Morgan fingerprint density at radius 1 is 1.00 bits per heavy atom. The predicted molar refractivity (Wildman–Crippen MR) is 77.3 cm³/mol. The maximum Gasteiger partial charge on any atom is 0.151 e. The molecule has 0 aliphatic carbocycles. The van der Waals surface area contributed by atoms with Crippen LogP contribution in [-0.4, -0.2) is 36.4 Å². The summed E-state index contributed by atoms with van der Waals surface area (Å²) in [6, 6.07) is 12.4. The fourth-order valence-corrected chi connectivity index (χ4v) is 2.39. The molecule has 1 N–H and O–H groups in total. The van der Waals surface area contributed by atoms with Crippen LogP contribution in [0.1, 0.15) is 5.56 Å². The Labute approximate surface area is 113 Å². The molecule has 4 nitrogen and oxygen atoms in total. The van der Waals surface area contributed by atoms with Gasteiger partial charge in [-0.1, -0.05) is 24.3 Å². The minimum absolute atomic E-state index is 0.942. The number of anilines is 1. The summed E-state index contributed by atoms with van der Waals surface area (Å²) in [5, 5.41) is 12.1. The van der Waals surface area contributed by atoms with E-state index in [0.29, 0.717) is 0 Å². The average molecular weight is 254 g/mol. The normalized spacial score (nSPS) is 15.5. The Balaban J connectivity index is 1.84. The van der Waals surface area contributed by atoms with Crippen molar-refractivity contribution in [1.29, 1.82) is 0 Å². The molecular weight excluding hydrogens is 236 g/mol. The molecule has 0 atom stereocenters. The number of benzene rings is 1. The third-order valence-electron chi connectivity index (χ3n) is 3.51. The Morgan fingerprint density at radius 3 is 2.47 bits per heavy atom. The highest BCUT2D eigenvalue weighted by molar-refractivity contribution is 5.63. The van der Waals surface area contributed by atoms with Gasteiger partial charge in [0.1, 0.15) is 0 Å². The molecule has 1 saturated heterocycles. The smallest absolute Gasteiger partial charge is 0.151 e. The van der Waals surface area contributed by atoms with Crippen LogP contribution >= 0.6 is 0 Å². The van der Waals surface area contributed by atoms with Crippen LogP contribution in [0.2, 0.25) is 0 Å². The molecular formula is C15H18N4. The van der Waals surface area contributed by atoms with Gasteiger partial charge in [-0.15, -0.1) is 10.2 Å². The van der Waals surface area contributed by atoms with Crippen molar-refractivity contribution in [3.05, 3.63) is 42.0 Å². The summed E-state index contributed by atoms with van der Waals surface area (Å²) in [6.07, 6.45) is 0. The molecule has 1 aromatic heterocycles. The number of nitrogens with one attached hydrogen (secondary N) is 1. The van der Waals surface area contributed by atoms with Gasteiger partial charge in [0, 0.05) is 31.7 Å². The van der Waals surface area contributed by atoms with Gasteiger partial charge >= 0.3 is 0 Å². The van der Waals surface area contributed by atoms with E-state index in [9.17, 15) is 0 Å². The first-order valence-corrected chi connectivity index (χ1v) is 6.70. The molecule has 3 rings (SSSR count). The Bertz CT molecular complexity index is 544. The van der Waals surface area contributed by atoms with Crippen LogP contribution < -0.4 is 10.2 Å². The van der Waals surface area contributed by atoms with Crippen LogP contribution in [0.3, 0.4) is 0 Å². The van der Waals surface area contributed by atoms with Crippen LogP contribution in [-0.2, 0) is 0 Å². The van der Waals surface area contributed by atoms with Gasteiger partial charge in [0.2, 0.25) is 0 Å². The van der Waals surface area contributed by atoms with Crippen molar-refractivity contribution in [3.8, 4) is 11.3 Å². The number of hydrogen-bond donors (Lipinski definition) is 1. The summed E-state index contributed by atoms with van der Waals surface area (Å²) in [7, 11) is 0. The van der Waals surface area contributed by atoms with Crippen LogP contribution in [0.25, 0.3) is 11.3 Å². The van der Waals surface area contributed by atoms with E-state index in [1.165, 1.54) is 5.56 Å². The molecule has 0 unspecified atom stereocenters. The van der Waals surface area contributed by atoms with E-state index in [1.54, 1.807) is 0 Å². The van der Waals surface area contributed by atoms with Gasteiger partial charge in [-0.05, 0) is 24.6 Å².